The maximum Gasteiger partial charge on any atom is 0.308 e. The third-order valence-corrected chi connectivity index (χ3v) is 4.02. The molecule has 2 aliphatic heterocycles. The summed E-state index contributed by atoms with van der Waals surface area (Å²) in [5.41, 5.74) is 0.861. The van der Waals surface area contributed by atoms with E-state index < -0.39 is 5.97 Å². The average Bonchev–Trinajstić information content (AvgIpc) is 2.78. The first-order valence-corrected chi connectivity index (χ1v) is 6.86. The summed E-state index contributed by atoms with van der Waals surface area (Å²) in [4.78, 5) is 26.3. The molecule has 0 aromatic heterocycles. The Balaban J connectivity index is 2.07. The van der Waals surface area contributed by atoms with Gasteiger partial charge in [0.15, 0.2) is 5.76 Å². The summed E-state index contributed by atoms with van der Waals surface area (Å²) >= 11 is 0. The Hall–Kier alpha value is -2.40. The first-order chi connectivity index (χ1) is 9.66. The fourth-order valence-corrected chi connectivity index (χ4v) is 3.07. The van der Waals surface area contributed by atoms with Gasteiger partial charge in [-0.1, -0.05) is 30.3 Å². The lowest BCUT2D eigenvalue weighted by atomic mass is 10.1. The summed E-state index contributed by atoms with van der Waals surface area (Å²) in [7, 11) is 1.32. The zero-order valence-corrected chi connectivity index (χ0v) is 11.5. The summed E-state index contributed by atoms with van der Waals surface area (Å²) < 4.78 is 5.14. The molecule has 100 valence electrons. The smallest absolute Gasteiger partial charge is 0.308 e. The molecule has 4 nitrogen and oxygen atoms in total. The molecule has 0 unspecified atom stereocenters. The van der Waals surface area contributed by atoms with E-state index in [1.165, 1.54) is 22.8 Å². The lowest BCUT2D eigenvalue weighted by Crippen LogP contribution is -2.34. The Bertz CT molecular complexity index is 725. The highest BCUT2D eigenvalue weighted by Gasteiger charge is 2.31. The maximum atomic E-state index is 12.4. The van der Waals surface area contributed by atoms with Crippen molar-refractivity contribution in [3.8, 4) is 0 Å². The third kappa shape index (κ3) is 2.12. The third-order valence-electron chi connectivity index (χ3n) is 2.81. The van der Waals surface area contributed by atoms with Crippen molar-refractivity contribution in [1.29, 1.82) is 0 Å². The lowest BCUT2D eigenvalue weighted by Gasteiger charge is -2.19. The van der Waals surface area contributed by atoms with E-state index in [0.717, 1.165) is 5.56 Å². The van der Waals surface area contributed by atoms with Crippen LogP contribution >= 0.6 is 10.9 Å². The van der Waals surface area contributed by atoms with Crippen LogP contribution in [0.3, 0.4) is 0 Å². The van der Waals surface area contributed by atoms with E-state index >= 15 is 0 Å². The molecular weight excluding hydrogens is 274 g/mol. The Kier molecular flexibility index (Phi) is 3.12. The number of amides is 1. The van der Waals surface area contributed by atoms with Crippen LogP contribution in [0.4, 0.5) is 0 Å². The van der Waals surface area contributed by atoms with Gasteiger partial charge in [0, 0.05) is 13.1 Å². The van der Waals surface area contributed by atoms with Crippen LogP contribution < -0.4 is 0 Å². The fourth-order valence-electron chi connectivity index (χ4n) is 1.99. The molecule has 2 aliphatic rings. The molecule has 3 rings (SSSR count). The molecule has 0 saturated carbocycles. The predicted molar refractivity (Wildman–Crippen MR) is 79.0 cm³/mol. The highest BCUT2D eigenvalue weighted by Crippen LogP contribution is 2.22. The second-order valence-electron chi connectivity index (χ2n) is 4.24. The van der Waals surface area contributed by atoms with E-state index in [1.54, 1.807) is 18.4 Å². The number of allylic oxidation sites excluding steroid dienone is 2. The highest BCUT2D eigenvalue weighted by atomic mass is 32.1. The highest BCUT2D eigenvalue weighted by molar-refractivity contribution is 8.00. The van der Waals surface area contributed by atoms with Crippen LogP contribution in [0.1, 0.15) is 12.5 Å². The molecule has 0 N–H and O–H groups in total. The van der Waals surface area contributed by atoms with Crippen LogP contribution in [0.2, 0.25) is 0 Å². The molecule has 0 aliphatic carbocycles. The minimum Gasteiger partial charge on any atom is -0.424 e. The van der Waals surface area contributed by atoms with Gasteiger partial charge in [-0.2, -0.15) is 0 Å². The number of hydrogen-bond acceptors (Lipinski definition) is 3. The molecular formula is C15H11NO3S. The first-order valence-electron chi connectivity index (χ1n) is 6.05. The van der Waals surface area contributed by atoms with E-state index in [4.69, 9.17) is 4.74 Å². The molecule has 2 heterocycles. The molecule has 1 aromatic rings. The van der Waals surface area contributed by atoms with Crippen molar-refractivity contribution in [2.45, 2.75) is 6.92 Å². The van der Waals surface area contributed by atoms with Crippen LogP contribution in [0, 0.1) is 0 Å². The van der Waals surface area contributed by atoms with Gasteiger partial charge in [0.1, 0.15) is 9.85 Å². The summed E-state index contributed by atoms with van der Waals surface area (Å²) in [5, 5.41) is 0. The number of esters is 1. The topological polar surface area (TPSA) is 46.6 Å². The Morgan fingerprint density at radius 2 is 2.00 bits per heavy atom. The number of carbonyl (C=O) groups excluding carboxylic acids is 2. The minimum atomic E-state index is -0.403. The maximum absolute atomic E-state index is 12.4. The van der Waals surface area contributed by atoms with Crippen molar-refractivity contribution in [3.05, 3.63) is 60.0 Å². The Labute approximate surface area is 119 Å². The van der Waals surface area contributed by atoms with Gasteiger partial charge in [0.05, 0.1) is 0 Å². The average molecular weight is 285 g/mol. The molecule has 1 aromatic carbocycles. The number of benzene rings is 1. The molecule has 0 atom stereocenters. The summed E-state index contributed by atoms with van der Waals surface area (Å²) in [6.45, 7) is 1.34. The standard InChI is InChI=1S/C15H11NO3S/c1-10(17)19-12-8-5-9-16-14(18)13(20-15(12)16)11-6-3-2-4-7-11/h2-9H,1H3. The minimum absolute atomic E-state index is 0.106. The van der Waals surface area contributed by atoms with E-state index in [-0.39, 0.29) is 5.91 Å². The van der Waals surface area contributed by atoms with Gasteiger partial charge in [-0.3, -0.25) is 14.5 Å². The van der Waals surface area contributed by atoms with Crippen LogP contribution in [0.15, 0.2) is 54.4 Å². The molecule has 1 amide bonds. The van der Waals surface area contributed by atoms with Crippen LogP contribution in [-0.4, -0.2) is 26.6 Å². The quantitative estimate of drug-likeness (QED) is 0.616. The second-order valence-corrected chi connectivity index (χ2v) is 5.24. The van der Waals surface area contributed by atoms with Gasteiger partial charge in [0.25, 0.3) is 5.91 Å². The number of rotatable bonds is 2. The van der Waals surface area contributed by atoms with E-state index in [9.17, 15) is 9.59 Å². The summed E-state index contributed by atoms with van der Waals surface area (Å²) in [6.07, 6.45) is 5.04. The molecule has 0 fully saturated rings. The number of ether oxygens (including phenoxy) is 1. The predicted octanol–water partition coefficient (Wildman–Crippen LogP) is 1.89. The molecule has 20 heavy (non-hydrogen) atoms. The summed E-state index contributed by atoms with van der Waals surface area (Å²) in [5.74, 6) is -0.102. The van der Waals surface area contributed by atoms with Crippen LogP contribution in [0.25, 0.3) is 0 Å². The van der Waals surface area contributed by atoms with Gasteiger partial charge in [-0.25, -0.2) is 0 Å². The molecule has 0 spiro atoms. The van der Waals surface area contributed by atoms with Gasteiger partial charge in [-0.15, -0.1) is 10.9 Å². The van der Waals surface area contributed by atoms with Crippen molar-refractivity contribution < 1.29 is 14.3 Å². The van der Waals surface area contributed by atoms with Gasteiger partial charge < -0.3 is 4.74 Å². The Morgan fingerprint density at radius 3 is 2.70 bits per heavy atom. The van der Waals surface area contributed by atoms with Crippen molar-refractivity contribution in [3.63, 3.8) is 0 Å². The van der Waals surface area contributed by atoms with Crippen molar-refractivity contribution >= 4 is 32.7 Å². The zero-order chi connectivity index (χ0) is 14.1. The van der Waals surface area contributed by atoms with Crippen LogP contribution in [-0.2, 0) is 14.3 Å². The molecule has 5 heteroatoms. The first kappa shape index (κ1) is 12.6. The molecule has 0 saturated heterocycles. The largest absolute Gasteiger partial charge is 0.424 e. The number of nitrogens with zero attached hydrogens (tertiary/aromatic N) is 1. The zero-order valence-electron chi connectivity index (χ0n) is 10.7. The molecule has 0 radical (unpaired) electrons. The normalized spacial score (nSPS) is 16.8. The lowest BCUT2D eigenvalue weighted by molar-refractivity contribution is -0.136. The van der Waals surface area contributed by atoms with Gasteiger partial charge in [0.2, 0.25) is 0 Å². The number of fused-ring (bicyclic) bond motifs is 1. The molecule has 0 bridgehead atoms. The van der Waals surface area contributed by atoms with E-state index in [2.05, 4.69) is 0 Å². The number of carbonyl (C=O) groups is 2. The monoisotopic (exact) mass is 285 g/mol. The second kappa shape index (κ2) is 4.94. The van der Waals surface area contributed by atoms with Gasteiger partial charge in [-0.05, 0) is 17.7 Å². The van der Waals surface area contributed by atoms with E-state index in [0.29, 0.717) is 15.6 Å². The van der Waals surface area contributed by atoms with Crippen molar-refractivity contribution in [1.82, 2.24) is 4.90 Å². The summed E-state index contributed by atoms with van der Waals surface area (Å²) in [6, 6.07) is 9.45. The SMILES string of the molecule is CC(=O)OC1=CC=CN2C(=O)C(c3ccccc3)=S=C12. The Morgan fingerprint density at radius 1 is 1.25 bits per heavy atom. The van der Waals surface area contributed by atoms with Gasteiger partial charge >= 0.3 is 5.97 Å². The van der Waals surface area contributed by atoms with Crippen molar-refractivity contribution in [2.75, 3.05) is 0 Å². The fraction of sp³-hybridized carbons (Fsp3) is 0.0667. The van der Waals surface area contributed by atoms with Crippen LogP contribution in [0.5, 0.6) is 0 Å². The van der Waals surface area contributed by atoms with Crippen molar-refractivity contribution in [2.24, 2.45) is 0 Å². The number of hydrogen-bond donors (Lipinski definition) is 0. The van der Waals surface area contributed by atoms with E-state index in [1.807, 2.05) is 30.3 Å².